The number of rotatable bonds is 5. The molecule has 31 heavy (non-hydrogen) atoms. The third-order valence-corrected chi connectivity index (χ3v) is 4.82. The number of anilines is 1. The van der Waals surface area contributed by atoms with E-state index in [0.29, 0.717) is 40.8 Å². The molecule has 0 radical (unpaired) electrons. The molecule has 11 heteroatoms. The van der Waals surface area contributed by atoms with Crippen LogP contribution in [0, 0.1) is 12.7 Å². The third-order valence-electron chi connectivity index (χ3n) is 4.82. The molecule has 0 saturated carbocycles. The Bertz CT molecular complexity index is 1220. The fourth-order valence-corrected chi connectivity index (χ4v) is 3.35. The monoisotopic (exact) mass is 421 g/mol. The summed E-state index contributed by atoms with van der Waals surface area (Å²) in [6, 6.07) is 7.99. The lowest BCUT2D eigenvalue weighted by atomic mass is 10.1. The SMILES string of the molecule is Cc1nnc(-c2ccc(-c3ccc(N4CC(Cn5ccnn5)OC4=O)cc3F)cn2)o1. The highest BCUT2D eigenvalue weighted by molar-refractivity contribution is 5.90. The Hall–Kier alpha value is -4.15. The van der Waals surface area contributed by atoms with E-state index in [1.807, 2.05) is 0 Å². The van der Waals surface area contributed by atoms with Crippen LogP contribution in [0.25, 0.3) is 22.7 Å². The van der Waals surface area contributed by atoms with Crippen LogP contribution in [0.4, 0.5) is 14.9 Å². The number of benzene rings is 1. The predicted molar refractivity (Wildman–Crippen MR) is 105 cm³/mol. The minimum atomic E-state index is -0.530. The molecule has 0 spiro atoms. The van der Waals surface area contributed by atoms with Crippen LogP contribution in [0.1, 0.15) is 5.89 Å². The second-order valence-corrected chi connectivity index (χ2v) is 6.96. The summed E-state index contributed by atoms with van der Waals surface area (Å²) in [6.07, 6.45) is 3.84. The van der Waals surface area contributed by atoms with E-state index in [-0.39, 0.29) is 6.54 Å². The highest BCUT2D eigenvalue weighted by atomic mass is 19.1. The van der Waals surface area contributed by atoms with Gasteiger partial charge >= 0.3 is 6.09 Å². The van der Waals surface area contributed by atoms with Crippen LogP contribution in [0.15, 0.2) is 53.3 Å². The highest BCUT2D eigenvalue weighted by Gasteiger charge is 2.33. The molecule has 10 nitrogen and oxygen atoms in total. The Morgan fingerprint density at radius 3 is 2.81 bits per heavy atom. The molecule has 4 heterocycles. The van der Waals surface area contributed by atoms with Crippen LogP contribution in [0.2, 0.25) is 0 Å². The maximum atomic E-state index is 14.9. The first-order valence-electron chi connectivity index (χ1n) is 9.45. The van der Waals surface area contributed by atoms with Crippen LogP contribution >= 0.6 is 0 Å². The van der Waals surface area contributed by atoms with Crippen molar-refractivity contribution in [1.82, 2.24) is 30.2 Å². The summed E-state index contributed by atoms with van der Waals surface area (Å²) in [5.41, 5.74) is 1.85. The maximum Gasteiger partial charge on any atom is 0.414 e. The van der Waals surface area contributed by atoms with E-state index in [0.717, 1.165) is 0 Å². The number of ether oxygens (including phenoxy) is 1. The first kappa shape index (κ1) is 18.9. The average molecular weight is 421 g/mol. The second-order valence-electron chi connectivity index (χ2n) is 6.96. The van der Waals surface area contributed by atoms with Crippen molar-refractivity contribution >= 4 is 11.8 Å². The number of cyclic esters (lactones) is 1. The van der Waals surface area contributed by atoms with Gasteiger partial charge in [-0.1, -0.05) is 11.3 Å². The van der Waals surface area contributed by atoms with Crippen molar-refractivity contribution < 1.29 is 18.3 Å². The summed E-state index contributed by atoms with van der Waals surface area (Å²) in [5, 5.41) is 15.3. The summed E-state index contributed by atoms with van der Waals surface area (Å²) in [6.45, 7) is 2.35. The minimum Gasteiger partial charge on any atom is -0.442 e. The van der Waals surface area contributed by atoms with Crippen molar-refractivity contribution in [2.24, 2.45) is 0 Å². The Kier molecular flexibility index (Phi) is 4.62. The molecule has 1 saturated heterocycles. The number of aryl methyl sites for hydroxylation is 1. The number of carbonyl (C=O) groups excluding carboxylic acids is 1. The number of hydrogen-bond acceptors (Lipinski definition) is 8. The summed E-state index contributed by atoms with van der Waals surface area (Å²) in [4.78, 5) is 17.9. The molecule has 156 valence electrons. The Morgan fingerprint density at radius 2 is 2.13 bits per heavy atom. The van der Waals surface area contributed by atoms with Crippen LogP contribution in [0.3, 0.4) is 0 Å². The number of nitrogens with zero attached hydrogens (tertiary/aromatic N) is 7. The van der Waals surface area contributed by atoms with E-state index in [9.17, 15) is 9.18 Å². The van der Waals surface area contributed by atoms with Crippen molar-refractivity contribution in [2.45, 2.75) is 19.6 Å². The van der Waals surface area contributed by atoms with Crippen molar-refractivity contribution in [3.8, 4) is 22.7 Å². The lowest BCUT2D eigenvalue weighted by Gasteiger charge is -2.14. The number of hydrogen-bond donors (Lipinski definition) is 0. The Balaban J connectivity index is 1.33. The smallest absolute Gasteiger partial charge is 0.414 e. The van der Waals surface area contributed by atoms with Crippen LogP contribution in [0.5, 0.6) is 0 Å². The van der Waals surface area contributed by atoms with Gasteiger partial charge in [0, 0.05) is 30.4 Å². The molecule has 1 aliphatic rings. The standard InChI is InChI=1S/C20H16FN7O3/c1-12-24-25-19(30-12)18-5-2-13(9-22-18)16-4-3-14(8-17(16)21)28-11-15(31-20(28)29)10-27-7-6-23-26-27/h2-9,15H,10-11H2,1H3. The molecule has 1 atom stereocenters. The lowest BCUT2D eigenvalue weighted by Crippen LogP contribution is -2.26. The number of amides is 1. The fraction of sp³-hybridized carbons (Fsp3) is 0.200. The quantitative estimate of drug-likeness (QED) is 0.484. The van der Waals surface area contributed by atoms with E-state index in [4.69, 9.17) is 9.15 Å². The zero-order valence-electron chi connectivity index (χ0n) is 16.3. The number of pyridine rings is 1. The molecule has 1 amide bonds. The Morgan fingerprint density at radius 1 is 1.23 bits per heavy atom. The molecule has 1 aromatic carbocycles. The van der Waals surface area contributed by atoms with Gasteiger partial charge in [-0.15, -0.1) is 15.3 Å². The zero-order valence-corrected chi connectivity index (χ0v) is 16.3. The molecule has 0 bridgehead atoms. The van der Waals surface area contributed by atoms with E-state index in [2.05, 4.69) is 25.5 Å². The van der Waals surface area contributed by atoms with Gasteiger partial charge < -0.3 is 9.15 Å². The lowest BCUT2D eigenvalue weighted by molar-refractivity contribution is 0.129. The van der Waals surface area contributed by atoms with Gasteiger partial charge in [-0.2, -0.15) is 0 Å². The van der Waals surface area contributed by atoms with E-state index >= 15 is 0 Å². The van der Waals surface area contributed by atoms with Gasteiger partial charge in [0.1, 0.15) is 17.6 Å². The molecule has 1 unspecified atom stereocenters. The Labute approximate surface area is 175 Å². The van der Waals surface area contributed by atoms with Crippen molar-refractivity contribution in [2.75, 3.05) is 11.4 Å². The fourth-order valence-electron chi connectivity index (χ4n) is 3.35. The van der Waals surface area contributed by atoms with Crippen molar-refractivity contribution in [3.05, 3.63) is 60.6 Å². The molecule has 3 aromatic heterocycles. The first-order valence-corrected chi connectivity index (χ1v) is 9.45. The first-order chi connectivity index (χ1) is 15.1. The largest absolute Gasteiger partial charge is 0.442 e. The summed E-state index contributed by atoms with van der Waals surface area (Å²) < 4.78 is 27.2. The van der Waals surface area contributed by atoms with Crippen LogP contribution in [-0.4, -0.2) is 48.9 Å². The van der Waals surface area contributed by atoms with Crippen LogP contribution < -0.4 is 4.90 Å². The van der Waals surface area contributed by atoms with E-state index < -0.39 is 18.0 Å². The normalized spacial score (nSPS) is 16.0. The maximum absolute atomic E-state index is 14.9. The topological polar surface area (TPSA) is 112 Å². The molecule has 1 aliphatic heterocycles. The van der Waals surface area contributed by atoms with Gasteiger partial charge in [-0.05, 0) is 24.3 Å². The van der Waals surface area contributed by atoms with Gasteiger partial charge in [-0.3, -0.25) is 9.88 Å². The molecule has 0 N–H and O–H groups in total. The minimum absolute atomic E-state index is 0.289. The molecule has 5 rings (SSSR count). The average Bonchev–Trinajstić information content (AvgIpc) is 3.51. The van der Waals surface area contributed by atoms with Gasteiger partial charge in [0.15, 0.2) is 0 Å². The molecule has 0 aliphatic carbocycles. The van der Waals surface area contributed by atoms with Gasteiger partial charge in [0.05, 0.1) is 25.0 Å². The number of aromatic nitrogens is 6. The van der Waals surface area contributed by atoms with Crippen molar-refractivity contribution in [3.63, 3.8) is 0 Å². The summed E-state index contributed by atoms with van der Waals surface area (Å²) in [5.74, 6) is 0.257. The highest BCUT2D eigenvalue weighted by Crippen LogP contribution is 2.30. The van der Waals surface area contributed by atoms with Gasteiger partial charge in [0.2, 0.25) is 5.89 Å². The van der Waals surface area contributed by atoms with E-state index in [1.165, 1.54) is 17.2 Å². The van der Waals surface area contributed by atoms with Crippen molar-refractivity contribution in [1.29, 1.82) is 0 Å². The third kappa shape index (κ3) is 3.72. The summed E-state index contributed by atoms with van der Waals surface area (Å²) in [7, 11) is 0. The molecule has 4 aromatic rings. The number of carbonyl (C=O) groups is 1. The molecule has 1 fully saturated rings. The van der Waals surface area contributed by atoms with Gasteiger partial charge in [-0.25, -0.2) is 13.9 Å². The summed E-state index contributed by atoms with van der Waals surface area (Å²) >= 11 is 0. The number of halogens is 1. The van der Waals surface area contributed by atoms with E-state index in [1.54, 1.807) is 48.3 Å². The second kappa shape index (κ2) is 7.59. The van der Waals surface area contributed by atoms with Gasteiger partial charge in [0.25, 0.3) is 5.89 Å². The van der Waals surface area contributed by atoms with Crippen LogP contribution in [-0.2, 0) is 11.3 Å². The molecular weight excluding hydrogens is 405 g/mol. The zero-order chi connectivity index (χ0) is 21.4. The predicted octanol–water partition coefficient (Wildman–Crippen LogP) is 2.86. The molecular formula is C20H16FN7O3.